The monoisotopic (exact) mass is 353 g/mol. The van der Waals surface area contributed by atoms with E-state index in [1.165, 1.54) is 17.7 Å². The number of carbonyl (C=O) groups excluding carboxylic acids is 1. The Labute approximate surface area is 153 Å². The molecule has 136 valence electrons. The lowest BCUT2D eigenvalue weighted by Gasteiger charge is -2.35. The van der Waals surface area contributed by atoms with E-state index in [1.54, 1.807) is 12.1 Å². The lowest BCUT2D eigenvalue weighted by atomic mass is 10.1. The number of urea groups is 1. The summed E-state index contributed by atoms with van der Waals surface area (Å²) in [7, 11) is 0. The molecule has 4 rings (SSSR count). The van der Waals surface area contributed by atoms with Crippen LogP contribution >= 0.6 is 0 Å². The molecule has 0 spiro atoms. The lowest BCUT2D eigenvalue weighted by molar-refractivity contribution is 0.132. The number of benzene rings is 2. The summed E-state index contributed by atoms with van der Waals surface area (Å²) >= 11 is 0. The van der Waals surface area contributed by atoms with Gasteiger partial charge in [0.2, 0.25) is 0 Å². The molecule has 0 unspecified atom stereocenters. The number of halogens is 1. The number of nitrogens with one attached hydrogen (secondary N) is 1. The van der Waals surface area contributed by atoms with Crippen LogP contribution in [0.3, 0.4) is 0 Å². The number of amides is 2. The van der Waals surface area contributed by atoms with Crippen LogP contribution in [0.1, 0.15) is 24.0 Å². The van der Waals surface area contributed by atoms with Crippen molar-refractivity contribution in [1.29, 1.82) is 0 Å². The first-order valence-corrected chi connectivity index (χ1v) is 9.24. The summed E-state index contributed by atoms with van der Waals surface area (Å²) in [5, 5.41) is 3.18. The van der Waals surface area contributed by atoms with E-state index in [1.807, 2.05) is 11.0 Å². The largest absolute Gasteiger partial charge is 0.328 e. The van der Waals surface area contributed by atoms with Crippen molar-refractivity contribution < 1.29 is 9.18 Å². The van der Waals surface area contributed by atoms with Crippen molar-refractivity contribution in [3.05, 3.63) is 71.5 Å². The zero-order chi connectivity index (χ0) is 18.0. The average Bonchev–Trinajstić information content (AvgIpc) is 3.44. The van der Waals surface area contributed by atoms with E-state index >= 15 is 0 Å². The number of nitrogens with zero attached hydrogens (tertiary/aromatic N) is 2. The van der Waals surface area contributed by atoms with Gasteiger partial charge < -0.3 is 10.2 Å². The minimum absolute atomic E-state index is 0.00816. The van der Waals surface area contributed by atoms with Crippen LogP contribution in [0.4, 0.5) is 9.18 Å². The molecular formula is C21H24FN3O. The second kappa shape index (κ2) is 7.08. The van der Waals surface area contributed by atoms with Gasteiger partial charge in [0.05, 0.1) is 5.54 Å². The molecule has 1 aliphatic heterocycles. The Balaban J connectivity index is 1.30. The highest BCUT2D eigenvalue weighted by atomic mass is 19.1. The molecule has 2 aromatic carbocycles. The molecule has 1 saturated carbocycles. The molecule has 0 radical (unpaired) electrons. The Kier molecular flexibility index (Phi) is 4.64. The number of hydrogen-bond donors (Lipinski definition) is 1. The van der Waals surface area contributed by atoms with Crippen molar-refractivity contribution in [2.24, 2.45) is 0 Å². The van der Waals surface area contributed by atoms with Crippen LogP contribution in [0.5, 0.6) is 0 Å². The molecule has 1 saturated heterocycles. The lowest BCUT2D eigenvalue weighted by Crippen LogP contribution is -2.53. The molecule has 1 N–H and O–H groups in total. The number of hydrogen-bond acceptors (Lipinski definition) is 2. The van der Waals surface area contributed by atoms with Gasteiger partial charge in [0.25, 0.3) is 0 Å². The molecule has 4 nitrogen and oxygen atoms in total. The molecule has 0 bridgehead atoms. The van der Waals surface area contributed by atoms with Crippen LogP contribution in [0.25, 0.3) is 0 Å². The zero-order valence-corrected chi connectivity index (χ0v) is 14.8. The maximum absolute atomic E-state index is 13.1. The summed E-state index contributed by atoms with van der Waals surface area (Å²) in [4.78, 5) is 17.0. The van der Waals surface area contributed by atoms with Gasteiger partial charge in [-0.05, 0) is 36.1 Å². The van der Waals surface area contributed by atoms with Gasteiger partial charge in [-0.2, -0.15) is 0 Å². The summed E-state index contributed by atoms with van der Waals surface area (Å²) in [5.74, 6) is -0.245. The quantitative estimate of drug-likeness (QED) is 0.915. The molecule has 1 aliphatic carbocycles. The molecule has 2 aliphatic rings. The van der Waals surface area contributed by atoms with Gasteiger partial charge in [0.15, 0.2) is 0 Å². The van der Waals surface area contributed by atoms with Gasteiger partial charge in [-0.15, -0.1) is 0 Å². The normalized spacial score (nSPS) is 19.2. The molecule has 0 aromatic heterocycles. The Hall–Kier alpha value is -2.40. The Bertz CT molecular complexity index is 751. The average molecular weight is 353 g/mol. The number of piperazine rings is 1. The third-order valence-electron chi connectivity index (χ3n) is 5.40. The fourth-order valence-corrected chi connectivity index (χ4v) is 3.61. The maximum Gasteiger partial charge on any atom is 0.318 e. The summed E-state index contributed by atoms with van der Waals surface area (Å²) < 4.78 is 13.1. The number of carbonyl (C=O) groups is 1. The van der Waals surface area contributed by atoms with E-state index in [9.17, 15) is 9.18 Å². The standard InChI is InChI=1S/C21H24FN3O/c22-19-8-6-18(7-9-19)21(10-11-21)23-20(26)25-14-12-24(13-15-25)16-17-4-2-1-3-5-17/h1-9H,10-16H2,(H,23,26). The van der Waals surface area contributed by atoms with Gasteiger partial charge >= 0.3 is 6.03 Å². The molecule has 2 aromatic rings. The van der Waals surface area contributed by atoms with E-state index in [-0.39, 0.29) is 17.4 Å². The Morgan fingerprint density at radius 1 is 0.962 bits per heavy atom. The molecular weight excluding hydrogens is 329 g/mol. The summed E-state index contributed by atoms with van der Waals surface area (Å²) in [5.41, 5.74) is 2.00. The van der Waals surface area contributed by atoms with Crippen molar-refractivity contribution in [3.63, 3.8) is 0 Å². The molecule has 2 amide bonds. The Morgan fingerprint density at radius 2 is 1.62 bits per heavy atom. The summed E-state index contributed by atoms with van der Waals surface area (Å²) in [6.07, 6.45) is 1.83. The first-order valence-electron chi connectivity index (χ1n) is 9.24. The third kappa shape index (κ3) is 3.73. The van der Waals surface area contributed by atoms with E-state index in [2.05, 4.69) is 34.5 Å². The van der Waals surface area contributed by atoms with Crippen molar-refractivity contribution in [1.82, 2.24) is 15.1 Å². The molecule has 2 fully saturated rings. The predicted molar refractivity (Wildman–Crippen MR) is 99.1 cm³/mol. The molecule has 26 heavy (non-hydrogen) atoms. The summed E-state index contributed by atoms with van der Waals surface area (Å²) in [6, 6.07) is 16.9. The molecule has 5 heteroatoms. The highest BCUT2D eigenvalue weighted by Crippen LogP contribution is 2.45. The van der Waals surface area contributed by atoms with E-state index in [0.29, 0.717) is 0 Å². The highest BCUT2D eigenvalue weighted by molar-refractivity contribution is 5.76. The number of rotatable bonds is 4. The van der Waals surface area contributed by atoms with E-state index in [4.69, 9.17) is 0 Å². The third-order valence-corrected chi connectivity index (χ3v) is 5.40. The van der Waals surface area contributed by atoms with Gasteiger partial charge in [-0.3, -0.25) is 4.90 Å². The van der Waals surface area contributed by atoms with Crippen molar-refractivity contribution in [3.8, 4) is 0 Å². The second-order valence-corrected chi connectivity index (χ2v) is 7.27. The summed E-state index contributed by atoms with van der Waals surface area (Å²) in [6.45, 7) is 4.16. The molecule has 1 heterocycles. The van der Waals surface area contributed by atoms with Crippen LogP contribution in [-0.2, 0) is 12.1 Å². The SMILES string of the molecule is O=C(NC1(c2ccc(F)cc2)CC1)N1CCN(Cc2ccccc2)CC1. The van der Waals surface area contributed by atoms with Gasteiger partial charge in [0, 0.05) is 32.7 Å². The fraction of sp³-hybridized carbons (Fsp3) is 0.381. The van der Waals surface area contributed by atoms with Gasteiger partial charge in [-0.1, -0.05) is 42.5 Å². The molecule has 0 atom stereocenters. The van der Waals surface area contributed by atoms with Crippen molar-refractivity contribution in [2.75, 3.05) is 26.2 Å². The highest BCUT2D eigenvalue weighted by Gasteiger charge is 2.46. The Morgan fingerprint density at radius 3 is 2.23 bits per heavy atom. The minimum atomic E-state index is -0.300. The van der Waals surface area contributed by atoms with Gasteiger partial charge in [0.1, 0.15) is 5.82 Å². The van der Waals surface area contributed by atoms with Gasteiger partial charge in [-0.25, -0.2) is 9.18 Å². The first kappa shape index (κ1) is 17.0. The van der Waals surface area contributed by atoms with Crippen LogP contribution in [0.2, 0.25) is 0 Å². The van der Waals surface area contributed by atoms with E-state index < -0.39 is 0 Å². The zero-order valence-electron chi connectivity index (χ0n) is 14.8. The smallest absolute Gasteiger partial charge is 0.318 e. The van der Waals surface area contributed by atoms with Crippen LogP contribution in [0.15, 0.2) is 54.6 Å². The maximum atomic E-state index is 13.1. The minimum Gasteiger partial charge on any atom is -0.328 e. The second-order valence-electron chi connectivity index (χ2n) is 7.27. The van der Waals surface area contributed by atoms with E-state index in [0.717, 1.165) is 51.1 Å². The van der Waals surface area contributed by atoms with Crippen LogP contribution < -0.4 is 5.32 Å². The fourth-order valence-electron chi connectivity index (χ4n) is 3.61. The predicted octanol–water partition coefficient (Wildman–Crippen LogP) is 3.34. The van der Waals surface area contributed by atoms with Crippen molar-refractivity contribution >= 4 is 6.03 Å². The van der Waals surface area contributed by atoms with Crippen LogP contribution in [0, 0.1) is 5.82 Å². The first-order chi connectivity index (χ1) is 12.6. The van der Waals surface area contributed by atoms with Crippen LogP contribution in [-0.4, -0.2) is 42.0 Å². The topological polar surface area (TPSA) is 35.6 Å². The van der Waals surface area contributed by atoms with Crippen molar-refractivity contribution in [2.45, 2.75) is 24.9 Å².